The summed E-state index contributed by atoms with van der Waals surface area (Å²) in [4.78, 5) is 23.7. The van der Waals surface area contributed by atoms with Crippen LogP contribution < -0.4 is 5.43 Å². The minimum atomic E-state index is -1.16. The smallest absolute Gasteiger partial charge is 0.341 e. The monoisotopic (exact) mass is 349 g/mol. The maximum Gasteiger partial charge on any atom is 0.341 e. The van der Waals surface area contributed by atoms with Crippen LogP contribution in [-0.2, 0) is 0 Å². The Labute approximate surface area is 130 Å². The van der Waals surface area contributed by atoms with Crippen LogP contribution in [0.2, 0.25) is 0 Å². The van der Waals surface area contributed by atoms with Gasteiger partial charge in [0.1, 0.15) is 5.56 Å². The highest BCUT2D eigenvalue weighted by atomic mass is 79.9. The van der Waals surface area contributed by atoms with E-state index in [1.165, 1.54) is 12.6 Å². The van der Waals surface area contributed by atoms with Crippen molar-refractivity contribution in [2.45, 2.75) is 38.1 Å². The SMILES string of the molecule is O=C(O)c1cn(C2CCCCC2)c2cc(Br)ccc2c1=O. The van der Waals surface area contributed by atoms with E-state index in [9.17, 15) is 14.7 Å². The third-order valence-electron chi connectivity index (χ3n) is 4.19. The zero-order valence-corrected chi connectivity index (χ0v) is 13.1. The highest BCUT2D eigenvalue weighted by molar-refractivity contribution is 9.10. The molecule has 2 aromatic rings. The third-order valence-corrected chi connectivity index (χ3v) is 4.69. The van der Waals surface area contributed by atoms with Crippen molar-refractivity contribution in [2.75, 3.05) is 0 Å². The van der Waals surface area contributed by atoms with E-state index in [2.05, 4.69) is 15.9 Å². The first-order chi connectivity index (χ1) is 10.1. The number of hydrogen-bond donors (Lipinski definition) is 1. The fraction of sp³-hybridized carbons (Fsp3) is 0.375. The molecule has 0 saturated heterocycles. The lowest BCUT2D eigenvalue weighted by atomic mass is 9.94. The largest absolute Gasteiger partial charge is 0.477 e. The van der Waals surface area contributed by atoms with E-state index in [0.29, 0.717) is 5.39 Å². The van der Waals surface area contributed by atoms with Crippen LogP contribution in [0.25, 0.3) is 10.9 Å². The molecule has 0 aliphatic heterocycles. The van der Waals surface area contributed by atoms with E-state index in [1.807, 2.05) is 10.6 Å². The maximum atomic E-state index is 12.3. The second-order valence-corrected chi connectivity index (χ2v) is 6.45. The Morgan fingerprint density at radius 1 is 1.24 bits per heavy atom. The first-order valence-electron chi connectivity index (χ1n) is 7.15. The number of aromatic nitrogens is 1. The molecule has 1 N–H and O–H groups in total. The second-order valence-electron chi connectivity index (χ2n) is 5.54. The number of halogens is 1. The topological polar surface area (TPSA) is 59.3 Å². The number of aromatic carboxylic acids is 1. The summed E-state index contributed by atoms with van der Waals surface area (Å²) in [5, 5.41) is 9.76. The summed E-state index contributed by atoms with van der Waals surface area (Å²) in [6, 6.07) is 5.65. The van der Waals surface area contributed by atoms with Gasteiger partial charge >= 0.3 is 5.97 Å². The average Bonchev–Trinajstić information content (AvgIpc) is 2.48. The lowest BCUT2D eigenvalue weighted by molar-refractivity contribution is 0.0694. The van der Waals surface area contributed by atoms with Gasteiger partial charge in [-0.1, -0.05) is 35.2 Å². The molecule has 0 spiro atoms. The van der Waals surface area contributed by atoms with Crippen LogP contribution >= 0.6 is 15.9 Å². The molecule has 5 heteroatoms. The molecule has 1 saturated carbocycles. The highest BCUT2D eigenvalue weighted by Crippen LogP contribution is 2.31. The minimum absolute atomic E-state index is 0.143. The number of fused-ring (bicyclic) bond motifs is 1. The van der Waals surface area contributed by atoms with Gasteiger partial charge in [-0.3, -0.25) is 4.79 Å². The Kier molecular flexibility index (Phi) is 3.85. The van der Waals surface area contributed by atoms with Gasteiger partial charge in [0.2, 0.25) is 5.43 Å². The molecule has 1 aliphatic rings. The molecule has 1 aromatic heterocycles. The van der Waals surface area contributed by atoms with E-state index in [0.717, 1.165) is 35.7 Å². The zero-order valence-electron chi connectivity index (χ0n) is 11.5. The summed E-state index contributed by atoms with van der Waals surface area (Å²) >= 11 is 3.43. The first kappa shape index (κ1) is 14.3. The minimum Gasteiger partial charge on any atom is -0.477 e. The van der Waals surface area contributed by atoms with Crippen molar-refractivity contribution < 1.29 is 9.90 Å². The molecule has 3 rings (SSSR count). The molecule has 0 bridgehead atoms. The van der Waals surface area contributed by atoms with Crippen molar-refractivity contribution in [1.82, 2.24) is 4.57 Å². The quantitative estimate of drug-likeness (QED) is 0.892. The van der Waals surface area contributed by atoms with E-state index in [4.69, 9.17) is 0 Å². The fourth-order valence-electron chi connectivity index (χ4n) is 3.14. The summed E-state index contributed by atoms with van der Waals surface area (Å²) in [6.45, 7) is 0. The Morgan fingerprint density at radius 2 is 1.95 bits per heavy atom. The van der Waals surface area contributed by atoms with Gasteiger partial charge in [-0.15, -0.1) is 0 Å². The summed E-state index contributed by atoms with van der Waals surface area (Å²) in [5.74, 6) is -1.16. The van der Waals surface area contributed by atoms with Crippen molar-refractivity contribution in [3.63, 3.8) is 0 Å². The fourth-order valence-corrected chi connectivity index (χ4v) is 3.49. The van der Waals surface area contributed by atoms with E-state index in [-0.39, 0.29) is 11.6 Å². The van der Waals surface area contributed by atoms with Gasteiger partial charge in [-0.2, -0.15) is 0 Å². The Bertz CT molecular complexity index is 760. The number of rotatable bonds is 2. The van der Waals surface area contributed by atoms with Crippen LogP contribution in [0, 0.1) is 0 Å². The van der Waals surface area contributed by atoms with Crippen LogP contribution in [0.3, 0.4) is 0 Å². The predicted molar refractivity (Wildman–Crippen MR) is 85.0 cm³/mol. The summed E-state index contributed by atoms with van der Waals surface area (Å²) < 4.78 is 2.88. The Hall–Kier alpha value is -1.62. The van der Waals surface area contributed by atoms with Gasteiger partial charge in [0.15, 0.2) is 0 Å². The van der Waals surface area contributed by atoms with Crippen molar-refractivity contribution in [1.29, 1.82) is 0 Å². The van der Waals surface area contributed by atoms with E-state index in [1.54, 1.807) is 12.1 Å². The van der Waals surface area contributed by atoms with Crippen LogP contribution in [-0.4, -0.2) is 15.6 Å². The molecule has 21 heavy (non-hydrogen) atoms. The lowest BCUT2D eigenvalue weighted by Crippen LogP contribution is -2.22. The third kappa shape index (κ3) is 2.62. The molecule has 0 unspecified atom stereocenters. The van der Waals surface area contributed by atoms with E-state index >= 15 is 0 Å². The summed E-state index contributed by atoms with van der Waals surface area (Å²) in [5.41, 5.74) is 0.263. The standard InChI is InChI=1S/C16H16BrNO3/c17-10-6-7-12-14(8-10)18(11-4-2-1-3-5-11)9-13(15(12)19)16(20)21/h6-9,11H,1-5H2,(H,20,21). The molecule has 4 nitrogen and oxygen atoms in total. The molecule has 0 amide bonds. The molecule has 1 aromatic carbocycles. The molecule has 0 radical (unpaired) electrons. The van der Waals surface area contributed by atoms with Gasteiger partial charge in [0.25, 0.3) is 0 Å². The molecular weight excluding hydrogens is 334 g/mol. The van der Waals surface area contributed by atoms with Gasteiger partial charge in [0.05, 0.1) is 5.52 Å². The molecule has 0 atom stereocenters. The van der Waals surface area contributed by atoms with Crippen LogP contribution in [0.15, 0.2) is 33.7 Å². The predicted octanol–water partition coefficient (Wildman–Crippen LogP) is 3.97. The zero-order chi connectivity index (χ0) is 15.0. The van der Waals surface area contributed by atoms with Crippen LogP contribution in [0.1, 0.15) is 48.5 Å². The van der Waals surface area contributed by atoms with Crippen molar-refractivity contribution in [3.05, 3.63) is 44.7 Å². The number of nitrogens with zero attached hydrogens (tertiary/aromatic N) is 1. The molecule has 1 fully saturated rings. The molecule has 1 aliphatic carbocycles. The molecule has 110 valence electrons. The Morgan fingerprint density at radius 3 is 2.62 bits per heavy atom. The normalized spacial score (nSPS) is 16.2. The van der Waals surface area contributed by atoms with Gasteiger partial charge in [-0.25, -0.2) is 4.79 Å². The number of carboxylic acids is 1. The van der Waals surface area contributed by atoms with Crippen molar-refractivity contribution >= 4 is 32.8 Å². The van der Waals surface area contributed by atoms with E-state index < -0.39 is 11.4 Å². The highest BCUT2D eigenvalue weighted by Gasteiger charge is 2.20. The number of benzene rings is 1. The number of carboxylic acid groups (broad SMARTS) is 1. The van der Waals surface area contributed by atoms with Gasteiger partial charge in [-0.05, 0) is 31.0 Å². The Balaban J connectivity index is 2.29. The van der Waals surface area contributed by atoms with Crippen molar-refractivity contribution in [2.24, 2.45) is 0 Å². The maximum absolute atomic E-state index is 12.3. The molecule has 1 heterocycles. The van der Waals surface area contributed by atoms with Crippen LogP contribution in [0.4, 0.5) is 0 Å². The van der Waals surface area contributed by atoms with Gasteiger partial charge in [0, 0.05) is 22.1 Å². The number of hydrogen-bond acceptors (Lipinski definition) is 2. The molecular formula is C16H16BrNO3. The second kappa shape index (κ2) is 5.64. The summed E-state index contributed by atoms with van der Waals surface area (Å²) in [6.07, 6.45) is 7.11. The van der Waals surface area contributed by atoms with Crippen LogP contribution in [0.5, 0.6) is 0 Å². The first-order valence-corrected chi connectivity index (χ1v) is 7.95. The lowest BCUT2D eigenvalue weighted by Gasteiger charge is -2.26. The number of carbonyl (C=O) groups is 1. The number of pyridine rings is 1. The summed E-state index contributed by atoms with van der Waals surface area (Å²) in [7, 11) is 0. The average molecular weight is 350 g/mol. The van der Waals surface area contributed by atoms with Gasteiger partial charge < -0.3 is 9.67 Å². The van der Waals surface area contributed by atoms with Crippen molar-refractivity contribution in [3.8, 4) is 0 Å².